The minimum atomic E-state index is -2.74. The van der Waals surface area contributed by atoms with E-state index in [4.69, 9.17) is 21.2 Å². The zero-order valence-corrected chi connectivity index (χ0v) is 11.6. The number of benzene rings is 2. The third kappa shape index (κ3) is 3.92. The lowest BCUT2D eigenvalue weighted by Crippen LogP contribution is -2.20. The molecule has 0 aliphatic rings. The van der Waals surface area contributed by atoms with Crippen molar-refractivity contribution in [2.45, 2.75) is 13.0 Å². The molecule has 0 saturated heterocycles. The Hall–Kier alpha value is -1.64. The van der Waals surface area contributed by atoms with E-state index in [0.29, 0.717) is 0 Å². The van der Waals surface area contributed by atoms with E-state index < -0.39 is 84.7 Å². The molecule has 0 aromatic heterocycles. The van der Waals surface area contributed by atoms with Crippen molar-refractivity contribution in [1.29, 1.82) is 0 Å². The summed E-state index contributed by atoms with van der Waals surface area (Å²) >= 11 is 0. The van der Waals surface area contributed by atoms with Gasteiger partial charge >= 0.3 is 0 Å². The van der Waals surface area contributed by atoms with Gasteiger partial charge in [-0.1, -0.05) is 54.4 Å². The number of likely N-dealkylation sites (N-methyl/N-ethyl adjacent to an activating group) is 1. The van der Waals surface area contributed by atoms with Crippen molar-refractivity contribution in [1.82, 2.24) is 4.90 Å². The normalized spacial score (nSPS) is 23.4. The molecule has 0 bridgehead atoms. The lowest BCUT2D eigenvalue weighted by molar-refractivity contribution is 0.0683. The molecule has 0 N–H and O–H groups in total. The van der Waals surface area contributed by atoms with Crippen molar-refractivity contribution >= 4 is 0 Å². The maximum Gasteiger partial charge on any atom is 0.108 e. The minimum absolute atomic E-state index is 0.122. The fourth-order valence-electron chi connectivity index (χ4n) is 1.47. The Balaban J connectivity index is 2.99. The monoisotopic (exact) mass is 281 g/mol. The topological polar surface area (TPSA) is 12.5 Å². The SMILES string of the molecule is [2H]c1c([2H])c([2H])c(C([2H])(OCC([2H])([2H])N(C)C)c2c([2H])c([2H])c([2H])c([2H])c2C)c([2H])c1[2H]. The first-order valence-corrected chi connectivity index (χ1v) is 5.96. The van der Waals surface area contributed by atoms with Crippen LogP contribution in [0.1, 0.15) is 39.2 Å². The molecule has 1 atom stereocenters. The largest absolute Gasteiger partial charge is 0.367 e. The van der Waals surface area contributed by atoms with Crippen molar-refractivity contribution < 1.29 is 21.2 Å². The average Bonchev–Trinajstić information content (AvgIpc) is 2.72. The van der Waals surface area contributed by atoms with Crippen molar-refractivity contribution in [3.63, 3.8) is 0 Å². The zero-order chi connectivity index (χ0) is 24.9. The van der Waals surface area contributed by atoms with Gasteiger partial charge in [0.2, 0.25) is 0 Å². The summed E-state index contributed by atoms with van der Waals surface area (Å²) in [6, 6.07) is -6.22. The van der Waals surface area contributed by atoms with E-state index in [-0.39, 0.29) is 5.56 Å². The Morgan fingerprint density at radius 1 is 1.15 bits per heavy atom. The molecule has 2 aromatic rings. The standard InChI is InChI=1S/C18H23NO/c1-15-9-7-8-12-17(15)18(20-14-13-19(2)3)16-10-5-4-6-11-16/h4-12,18H,13-14H2,1-3H3/i4D,5D,6D,7D,8D,9D,10D,11D,12D,13D2,18D. The summed E-state index contributed by atoms with van der Waals surface area (Å²) in [5.41, 5.74) is -1.26. The van der Waals surface area contributed by atoms with Gasteiger partial charge in [-0.25, -0.2) is 0 Å². The summed E-state index contributed by atoms with van der Waals surface area (Å²) in [7, 11) is 2.83. The van der Waals surface area contributed by atoms with Gasteiger partial charge in [0, 0.05) is 9.24 Å². The van der Waals surface area contributed by atoms with E-state index >= 15 is 0 Å². The van der Waals surface area contributed by atoms with E-state index in [1.54, 1.807) is 0 Å². The lowest BCUT2D eigenvalue weighted by Gasteiger charge is -2.22. The first-order valence-electron chi connectivity index (χ1n) is 12.0. The van der Waals surface area contributed by atoms with E-state index in [1.807, 2.05) is 0 Å². The third-order valence-corrected chi connectivity index (χ3v) is 2.43. The molecule has 20 heavy (non-hydrogen) atoms. The lowest BCUT2D eigenvalue weighted by atomic mass is 9.97. The third-order valence-electron chi connectivity index (χ3n) is 2.43. The summed E-state index contributed by atoms with van der Waals surface area (Å²) in [5, 5.41) is 0. The van der Waals surface area contributed by atoms with Gasteiger partial charge < -0.3 is 9.64 Å². The quantitative estimate of drug-likeness (QED) is 0.801. The van der Waals surface area contributed by atoms with Crippen LogP contribution >= 0.6 is 0 Å². The molecule has 1 unspecified atom stereocenters. The van der Waals surface area contributed by atoms with E-state index in [9.17, 15) is 0 Å². The second-order valence-corrected chi connectivity index (χ2v) is 4.17. The van der Waals surface area contributed by atoms with Crippen LogP contribution in [0.4, 0.5) is 0 Å². The zero-order valence-electron chi connectivity index (χ0n) is 23.6. The van der Waals surface area contributed by atoms with Crippen LogP contribution < -0.4 is 0 Å². The highest BCUT2D eigenvalue weighted by atomic mass is 16.5. The fraction of sp³-hybridized carbons (Fsp3) is 0.333. The molecule has 0 fully saturated rings. The first-order chi connectivity index (χ1) is 14.5. The Bertz CT molecular complexity index is 941. The first kappa shape index (κ1) is 5.63. The molecule has 0 heterocycles. The van der Waals surface area contributed by atoms with E-state index in [0.717, 1.165) is 4.90 Å². The maximum absolute atomic E-state index is 9.09. The van der Waals surface area contributed by atoms with E-state index in [1.165, 1.54) is 21.0 Å². The minimum Gasteiger partial charge on any atom is -0.367 e. The van der Waals surface area contributed by atoms with Gasteiger partial charge in [0.25, 0.3) is 0 Å². The van der Waals surface area contributed by atoms with Crippen molar-refractivity contribution in [3.05, 3.63) is 71.1 Å². The Morgan fingerprint density at radius 2 is 1.80 bits per heavy atom. The molecule has 0 aliphatic carbocycles. The molecule has 0 spiro atoms. The van der Waals surface area contributed by atoms with Crippen LogP contribution in [0.3, 0.4) is 0 Å². The Labute approximate surface area is 138 Å². The number of hydrogen-bond acceptors (Lipinski definition) is 2. The van der Waals surface area contributed by atoms with Crippen molar-refractivity contribution in [2.75, 3.05) is 27.2 Å². The van der Waals surface area contributed by atoms with Gasteiger partial charge in [-0.2, -0.15) is 0 Å². The summed E-state index contributed by atoms with van der Waals surface area (Å²) < 4.78 is 103. The molecule has 0 radical (unpaired) electrons. The highest BCUT2D eigenvalue weighted by Crippen LogP contribution is 2.28. The second-order valence-electron chi connectivity index (χ2n) is 4.17. The van der Waals surface area contributed by atoms with Gasteiger partial charge in [-0.05, 0) is 37.7 Å². The van der Waals surface area contributed by atoms with Gasteiger partial charge in [-0.3, -0.25) is 0 Å². The second kappa shape index (κ2) is 7.22. The van der Waals surface area contributed by atoms with Crippen LogP contribution in [-0.4, -0.2) is 32.1 Å². The summed E-state index contributed by atoms with van der Waals surface area (Å²) in [5.74, 6) is 0. The smallest absolute Gasteiger partial charge is 0.108 e. The molecule has 0 amide bonds. The average molecular weight is 281 g/mol. The molecular weight excluding hydrogens is 246 g/mol. The van der Waals surface area contributed by atoms with Crippen LogP contribution in [0.2, 0.25) is 0 Å². The van der Waals surface area contributed by atoms with Gasteiger partial charge in [0.1, 0.15) is 6.08 Å². The number of hydrogen-bond donors (Lipinski definition) is 0. The predicted octanol–water partition coefficient (Wildman–Crippen LogP) is 3.66. The van der Waals surface area contributed by atoms with Gasteiger partial charge in [0.05, 0.1) is 20.3 Å². The van der Waals surface area contributed by atoms with Gasteiger partial charge in [-0.15, -0.1) is 0 Å². The highest BCUT2D eigenvalue weighted by Gasteiger charge is 2.16. The summed E-state index contributed by atoms with van der Waals surface area (Å²) in [6.07, 6.45) is -2.74. The molecule has 2 aromatic carbocycles. The molecular formula is C18H23NO. The van der Waals surface area contributed by atoms with Crippen LogP contribution in [0.15, 0.2) is 54.4 Å². The molecule has 2 nitrogen and oxygen atoms in total. The Kier molecular flexibility index (Phi) is 2.03. The van der Waals surface area contributed by atoms with Gasteiger partial charge in [0.15, 0.2) is 0 Å². The molecule has 2 rings (SSSR count). The molecule has 106 valence electrons. The maximum atomic E-state index is 9.09. The summed E-state index contributed by atoms with van der Waals surface area (Å²) in [6.45, 7) is -1.64. The summed E-state index contributed by atoms with van der Waals surface area (Å²) in [4.78, 5) is 1.16. The fourth-order valence-corrected chi connectivity index (χ4v) is 1.47. The predicted molar refractivity (Wildman–Crippen MR) is 84.0 cm³/mol. The van der Waals surface area contributed by atoms with Crippen LogP contribution in [0, 0.1) is 6.92 Å². The molecule has 2 heteroatoms. The molecule has 0 saturated carbocycles. The van der Waals surface area contributed by atoms with Crippen LogP contribution in [0.5, 0.6) is 0 Å². The van der Waals surface area contributed by atoms with E-state index in [2.05, 4.69) is 0 Å². The van der Waals surface area contributed by atoms with Crippen LogP contribution in [0.25, 0.3) is 0 Å². The number of nitrogens with zero attached hydrogens (tertiary/aromatic N) is 1. The van der Waals surface area contributed by atoms with Crippen molar-refractivity contribution in [3.8, 4) is 0 Å². The van der Waals surface area contributed by atoms with Crippen LogP contribution in [-0.2, 0) is 4.74 Å². The highest BCUT2D eigenvalue weighted by molar-refractivity contribution is 5.35. The van der Waals surface area contributed by atoms with Crippen molar-refractivity contribution in [2.24, 2.45) is 0 Å². The Morgan fingerprint density at radius 3 is 2.50 bits per heavy atom. The number of rotatable bonds is 6. The molecule has 0 aliphatic heterocycles. The number of ether oxygens (including phenoxy) is 1.